The van der Waals surface area contributed by atoms with Gasteiger partial charge in [-0.05, 0) is 18.8 Å². The van der Waals surface area contributed by atoms with Gasteiger partial charge >= 0.3 is 6.03 Å². The Morgan fingerprint density at radius 1 is 1.18 bits per heavy atom. The van der Waals surface area contributed by atoms with Gasteiger partial charge in [-0.1, -0.05) is 12.8 Å². The molecule has 94 valence electrons. The number of carbonyl (C=O) groups excluding carboxylic acids is 3. The van der Waals surface area contributed by atoms with E-state index in [4.69, 9.17) is 0 Å². The van der Waals surface area contributed by atoms with Gasteiger partial charge in [0.2, 0.25) is 5.91 Å². The van der Waals surface area contributed by atoms with Gasteiger partial charge in [0.05, 0.1) is 0 Å². The maximum Gasteiger partial charge on any atom is 0.345 e. The maximum absolute atomic E-state index is 12.2. The molecule has 0 radical (unpaired) electrons. The van der Waals surface area contributed by atoms with Crippen LogP contribution in [0, 0.1) is 11.8 Å². The molecule has 1 saturated carbocycles. The molecule has 4 amide bonds. The number of hydrazine groups is 1. The number of barbiturate groups is 1. The first-order chi connectivity index (χ1) is 8.02. The molecule has 0 aromatic heterocycles. The predicted molar refractivity (Wildman–Crippen MR) is 59.5 cm³/mol. The molecule has 17 heavy (non-hydrogen) atoms. The molecule has 0 spiro atoms. The topological polar surface area (TPSA) is 69.7 Å². The average Bonchev–Trinajstić information content (AvgIpc) is 2.69. The van der Waals surface area contributed by atoms with Crippen LogP contribution in [-0.4, -0.2) is 42.0 Å². The molecule has 1 N–H and O–H groups in total. The molecule has 2 aliphatic rings. The third-order valence-electron chi connectivity index (χ3n) is 3.45. The number of hydrogen-bond acceptors (Lipinski definition) is 4. The van der Waals surface area contributed by atoms with E-state index in [1.54, 1.807) is 14.1 Å². The molecule has 1 unspecified atom stereocenters. The largest absolute Gasteiger partial charge is 0.345 e. The number of hydrogen-bond donors (Lipinski definition) is 1. The molecule has 1 aliphatic heterocycles. The van der Waals surface area contributed by atoms with Gasteiger partial charge in [0.25, 0.3) is 5.91 Å². The molecule has 1 heterocycles. The minimum absolute atomic E-state index is 0.0815. The van der Waals surface area contributed by atoms with E-state index in [2.05, 4.69) is 5.32 Å². The smallest absolute Gasteiger partial charge is 0.276 e. The Bertz CT molecular complexity index is 361. The molecule has 6 nitrogen and oxygen atoms in total. The highest BCUT2D eigenvalue weighted by atomic mass is 16.2. The molecule has 1 saturated heterocycles. The van der Waals surface area contributed by atoms with E-state index in [1.165, 1.54) is 5.01 Å². The van der Waals surface area contributed by atoms with Gasteiger partial charge in [-0.3, -0.25) is 14.9 Å². The number of nitrogens with one attached hydrogen (secondary N) is 1. The van der Waals surface area contributed by atoms with Gasteiger partial charge in [-0.2, -0.15) is 5.01 Å². The van der Waals surface area contributed by atoms with Crippen molar-refractivity contribution in [3.05, 3.63) is 0 Å². The van der Waals surface area contributed by atoms with Crippen LogP contribution < -0.4 is 5.32 Å². The summed E-state index contributed by atoms with van der Waals surface area (Å²) in [5.41, 5.74) is 0. The monoisotopic (exact) mass is 239 g/mol. The van der Waals surface area contributed by atoms with E-state index < -0.39 is 23.8 Å². The van der Waals surface area contributed by atoms with Gasteiger partial charge in [-0.15, -0.1) is 0 Å². The van der Waals surface area contributed by atoms with Crippen LogP contribution in [0.4, 0.5) is 4.79 Å². The summed E-state index contributed by atoms with van der Waals surface area (Å²) in [6.45, 7) is 0. The SMILES string of the molecule is CN(C)N1C(=O)NC(=O)C(C2CCCC2)C1=O. The first-order valence-corrected chi connectivity index (χ1v) is 5.88. The van der Waals surface area contributed by atoms with E-state index in [-0.39, 0.29) is 5.92 Å². The molecular formula is C11H17N3O3. The average molecular weight is 239 g/mol. The Labute approximate surface area is 99.9 Å². The summed E-state index contributed by atoms with van der Waals surface area (Å²) in [4.78, 5) is 35.5. The zero-order valence-electron chi connectivity index (χ0n) is 10.1. The normalized spacial score (nSPS) is 26.9. The van der Waals surface area contributed by atoms with Crippen LogP contribution in [0.25, 0.3) is 0 Å². The molecule has 6 heteroatoms. The molecule has 0 bridgehead atoms. The lowest BCUT2D eigenvalue weighted by molar-refractivity contribution is -0.153. The summed E-state index contributed by atoms with van der Waals surface area (Å²) in [7, 11) is 3.22. The quantitative estimate of drug-likeness (QED) is 0.706. The lowest BCUT2D eigenvalue weighted by Crippen LogP contribution is -2.62. The molecule has 2 fully saturated rings. The molecule has 0 aromatic rings. The fraction of sp³-hybridized carbons (Fsp3) is 0.727. The Morgan fingerprint density at radius 3 is 2.29 bits per heavy atom. The Hall–Kier alpha value is -1.43. The van der Waals surface area contributed by atoms with Crippen LogP contribution in [0.2, 0.25) is 0 Å². The van der Waals surface area contributed by atoms with Gasteiger partial charge in [0.15, 0.2) is 0 Å². The zero-order valence-corrected chi connectivity index (χ0v) is 10.1. The standard InChI is InChI=1S/C11H17N3O3/c1-13(2)14-10(16)8(7-5-3-4-6-7)9(15)12-11(14)17/h7-8H,3-6H2,1-2H3,(H,12,15,17). The number of imide groups is 2. The number of amides is 4. The minimum atomic E-state index is -0.697. The second-order valence-corrected chi connectivity index (χ2v) is 4.81. The molecule has 1 aliphatic carbocycles. The lowest BCUT2D eigenvalue weighted by Gasteiger charge is -2.35. The van der Waals surface area contributed by atoms with Crippen LogP contribution in [0.5, 0.6) is 0 Å². The van der Waals surface area contributed by atoms with E-state index in [0.29, 0.717) is 0 Å². The van der Waals surface area contributed by atoms with Crippen molar-refractivity contribution in [1.82, 2.24) is 15.3 Å². The van der Waals surface area contributed by atoms with Crippen molar-refractivity contribution >= 4 is 17.8 Å². The third kappa shape index (κ3) is 2.04. The Balaban J connectivity index is 2.22. The summed E-state index contributed by atoms with van der Waals surface area (Å²) in [5.74, 6) is -1.45. The van der Waals surface area contributed by atoms with E-state index in [1.807, 2.05) is 0 Å². The van der Waals surface area contributed by atoms with Crippen LogP contribution in [0.15, 0.2) is 0 Å². The maximum atomic E-state index is 12.2. The summed E-state index contributed by atoms with van der Waals surface area (Å²) in [5, 5.41) is 4.67. The fourth-order valence-corrected chi connectivity index (χ4v) is 2.67. The van der Waals surface area contributed by atoms with Crippen molar-refractivity contribution in [3.8, 4) is 0 Å². The minimum Gasteiger partial charge on any atom is -0.276 e. The van der Waals surface area contributed by atoms with Gasteiger partial charge in [-0.25, -0.2) is 9.80 Å². The van der Waals surface area contributed by atoms with E-state index in [9.17, 15) is 14.4 Å². The number of nitrogens with zero attached hydrogens (tertiary/aromatic N) is 2. The van der Waals surface area contributed by atoms with Crippen molar-refractivity contribution in [2.75, 3.05) is 14.1 Å². The summed E-state index contributed by atoms with van der Waals surface area (Å²) in [6, 6.07) is -0.653. The fourth-order valence-electron chi connectivity index (χ4n) is 2.67. The molecule has 0 aromatic carbocycles. The Kier molecular flexibility index (Phi) is 3.15. The Morgan fingerprint density at radius 2 is 1.76 bits per heavy atom. The second kappa shape index (κ2) is 4.44. The molecule has 1 atom stereocenters. The summed E-state index contributed by atoms with van der Waals surface area (Å²) < 4.78 is 0. The third-order valence-corrected chi connectivity index (χ3v) is 3.45. The van der Waals surface area contributed by atoms with Crippen molar-refractivity contribution in [2.24, 2.45) is 11.8 Å². The van der Waals surface area contributed by atoms with Crippen LogP contribution >= 0.6 is 0 Å². The zero-order chi connectivity index (χ0) is 12.6. The van der Waals surface area contributed by atoms with Crippen LogP contribution in [0.3, 0.4) is 0 Å². The highest BCUT2D eigenvalue weighted by Gasteiger charge is 2.46. The first-order valence-electron chi connectivity index (χ1n) is 5.88. The van der Waals surface area contributed by atoms with Gasteiger partial charge in [0, 0.05) is 14.1 Å². The number of rotatable bonds is 2. The molecule has 2 rings (SSSR count). The predicted octanol–water partition coefficient (Wildman–Crippen LogP) is 0.348. The molecular weight excluding hydrogens is 222 g/mol. The summed E-state index contributed by atoms with van der Waals surface area (Å²) >= 11 is 0. The van der Waals surface area contributed by atoms with E-state index in [0.717, 1.165) is 30.7 Å². The van der Waals surface area contributed by atoms with Crippen LogP contribution in [0.1, 0.15) is 25.7 Å². The number of urea groups is 1. The highest BCUT2D eigenvalue weighted by Crippen LogP contribution is 2.33. The van der Waals surface area contributed by atoms with E-state index >= 15 is 0 Å². The van der Waals surface area contributed by atoms with Crippen molar-refractivity contribution < 1.29 is 14.4 Å². The second-order valence-electron chi connectivity index (χ2n) is 4.81. The highest BCUT2D eigenvalue weighted by molar-refractivity contribution is 6.15. The summed E-state index contributed by atoms with van der Waals surface area (Å²) in [6.07, 6.45) is 3.88. The first kappa shape index (κ1) is 12.0. The number of carbonyl (C=O) groups is 3. The van der Waals surface area contributed by atoms with Crippen molar-refractivity contribution in [3.63, 3.8) is 0 Å². The van der Waals surface area contributed by atoms with Crippen LogP contribution in [-0.2, 0) is 9.59 Å². The lowest BCUT2D eigenvalue weighted by atomic mass is 9.88. The van der Waals surface area contributed by atoms with Crippen molar-refractivity contribution in [1.29, 1.82) is 0 Å². The van der Waals surface area contributed by atoms with Crippen molar-refractivity contribution in [2.45, 2.75) is 25.7 Å². The van der Waals surface area contributed by atoms with Gasteiger partial charge < -0.3 is 0 Å². The van der Waals surface area contributed by atoms with Gasteiger partial charge in [0.1, 0.15) is 5.92 Å².